The predicted octanol–water partition coefficient (Wildman–Crippen LogP) is 6.56. The first-order valence-corrected chi connectivity index (χ1v) is 27.3. The number of piperidine rings is 2. The number of benzene rings is 3. The van der Waals surface area contributed by atoms with Crippen molar-refractivity contribution in [3.63, 3.8) is 0 Å². The van der Waals surface area contributed by atoms with E-state index in [1.807, 2.05) is 18.2 Å². The van der Waals surface area contributed by atoms with Gasteiger partial charge in [0.15, 0.2) is 23.1 Å². The van der Waals surface area contributed by atoms with E-state index in [0.29, 0.717) is 45.8 Å². The van der Waals surface area contributed by atoms with Crippen molar-refractivity contribution in [3.8, 4) is 16.2 Å². The topological polar surface area (TPSA) is 239 Å². The average molecular weight is 1090 g/mol. The van der Waals surface area contributed by atoms with Gasteiger partial charge in [0.1, 0.15) is 22.3 Å². The van der Waals surface area contributed by atoms with E-state index in [-0.39, 0.29) is 103 Å². The predicted molar refractivity (Wildman–Crippen MR) is 278 cm³/mol. The lowest BCUT2D eigenvalue weighted by atomic mass is 9.98. The first-order valence-electron chi connectivity index (χ1n) is 24.5. The number of imide groups is 1. The summed E-state index contributed by atoms with van der Waals surface area (Å²) in [4.78, 5) is 93.1. The van der Waals surface area contributed by atoms with E-state index >= 15 is 4.39 Å². The number of anilines is 3. The van der Waals surface area contributed by atoms with E-state index in [9.17, 15) is 42.0 Å². The molecule has 0 aliphatic carbocycles. The first-order chi connectivity index (χ1) is 35.3. The summed E-state index contributed by atoms with van der Waals surface area (Å²) < 4.78 is 61.4. The van der Waals surface area contributed by atoms with E-state index in [2.05, 4.69) is 21.3 Å². The number of thiophene rings is 1. The van der Waals surface area contributed by atoms with Crippen molar-refractivity contribution < 1.29 is 60.6 Å². The summed E-state index contributed by atoms with van der Waals surface area (Å²) in [6, 6.07) is 15.6. The number of hydrogen-bond acceptors (Lipinski definition) is 15. The summed E-state index contributed by atoms with van der Waals surface area (Å²) in [5, 5.41) is 11.5. The van der Waals surface area contributed by atoms with E-state index < -0.39 is 75.1 Å². The van der Waals surface area contributed by atoms with Gasteiger partial charge in [-0.1, -0.05) is 41.9 Å². The largest absolute Gasteiger partial charge is 0.479 e. The molecule has 4 aliphatic heterocycles. The van der Waals surface area contributed by atoms with Crippen LogP contribution in [-0.2, 0) is 55.8 Å². The number of amides is 5. The van der Waals surface area contributed by atoms with Crippen LogP contribution in [0.4, 0.5) is 21.5 Å². The number of hydrogen-bond donors (Lipinski definition) is 4. The van der Waals surface area contributed by atoms with Crippen LogP contribution in [0.1, 0.15) is 98.4 Å². The molecule has 1 atom stereocenters. The van der Waals surface area contributed by atoms with E-state index in [1.54, 1.807) is 65.8 Å². The van der Waals surface area contributed by atoms with Gasteiger partial charge >= 0.3 is 11.9 Å². The fourth-order valence-electron chi connectivity index (χ4n) is 9.13. The van der Waals surface area contributed by atoms with E-state index in [4.69, 9.17) is 25.8 Å². The average Bonchev–Trinajstić information content (AvgIpc) is 3.83. The molecule has 5 heterocycles. The van der Waals surface area contributed by atoms with Crippen molar-refractivity contribution in [1.29, 1.82) is 0 Å². The summed E-state index contributed by atoms with van der Waals surface area (Å²) in [6.07, 6.45) is 1.21. The standard InChI is InChI=1S/C52H59ClFN7O12S2/c1-51(2,3)72-41(64)27-71-44-42(53)45(74-46(44)50(68)73-52(4,5)6)29-10-7-12-33(22-29)56-32-18-20-60(21-19-32)75(69,70)28-30-11-8-15-37(43(30)54)57-47(65)31-24-59(25-31)40(63)23-55-36-14-9-13-34-35(36)26-61(49(34)67)38-16-17-39(62)58-48(38)66/h7-15,22,31-32,38,55-56H,16-21,23-28H2,1-6H3,(H,57,65)(H,58,62,66). The minimum absolute atomic E-state index is 0.000425. The van der Waals surface area contributed by atoms with Crippen LogP contribution >= 0.6 is 22.9 Å². The van der Waals surface area contributed by atoms with E-state index in [1.165, 1.54) is 32.3 Å². The van der Waals surface area contributed by atoms with Gasteiger partial charge in [0.25, 0.3) is 5.91 Å². The third-order valence-electron chi connectivity index (χ3n) is 12.8. The monoisotopic (exact) mass is 1090 g/mol. The molecule has 0 radical (unpaired) electrons. The molecule has 3 fully saturated rings. The minimum Gasteiger partial charge on any atom is -0.479 e. The number of sulfonamides is 1. The summed E-state index contributed by atoms with van der Waals surface area (Å²) >= 11 is 7.92. The molecule has 0 spiro atoms. The van der Waals surface area contributed by atoms with Crippen LogP contribution in [0.5, 0.6) is 5.75 Å². The lowest BCUT2D eigenvalue weighted by molar-refractivity contribution is -0.157. The summed E-state index contributed by atoms with van der Waals surface area (Å²) in [5.41, 5.74) is 1.04. The molecule has 4 N–H and O–H groups in total. The highest BCUT2D eigenvalue weighted by atomic mass is 35.5. The molecule has 75 heavy (non-hydrogen) atoms. The number of fused-ring (bicyclic) bond motifs is 1. The highest BCUT2D eigenvalue weighted by Crippen LogP contribution is 2.47. The zero-order valence-electron chi connectivity index (χ0n) is 42.3. The third-order valence-corrected chi connectivity index (χ3v) is 16.3. The fraction of sp³-hybridized carbons (Fsp3) is 0.442. The second-order valence-corrected chi connectivity index (χ2v) is 24.2. The molecular weight excluding hydrogens is 1030 g/mol. The number of carbonyl (C=O) groups excluding carboxylic acids is 7. The molecule has 1 unspecified atom stereocenters. The molecule has 3 saturated heterocycles. The van der Waals surface area contributed by atoms with Gasteiger partial charge in [0.05, 0.1) is 28.8 Å². The van der Waals surface area contributed by atoms with Gasteiger partial charge in [-0.3, -0.25) is 29.3 Å². The molecule has 5 amide bonds. The molecule has 3 aromatic carbocycles. The molecule has 1 aromatic heterocycles. The maximum Gasteiger partial charge on any atom is 0.352 e. The molecule has 8 rings (SSSR count). The van der Waals surface area contributed by atoms with Crippen molar-refractivity contribution in [3.05, 3.63) is 93.1 Å². The van der Waals surface area contributed by atoms with Gasteiger partial charge in [-0.25, -0.2) is 26.7 Å². The Bertz CT molecular complexity index is 3050. The molecule has 0 saturated carbocycles. The number of nitrogens with zero attached hydrogens (tertiary/aromatic N) is 3. The SMILES string of the molecule is CC(C)(C)OC(=O)COc1c(C(=O)OC(C)(C)C)sc(-c2cccc(NC3CCN(S(=O)(=O)Cc4cccc(NC(=O)C5CN(C(=O)CNc6cccc7c6CN(C6CCC(=O)NC6=O)C7=O)C5)c4F)CC3)c2)c1Cl. The van der Waals surface area contributed by atoms with Crippen LogP contribution in [-0.4, -0.2) is 127 Å². The molecule has 400 valence electrons. The molecule has 4 aromatic rings. The zero-order chi connectivity index (χ0) is 54.1. The van der Waals surface area contributed by atoms with Crippen molar-refractivity contribution in [2.75, 3.05) is 55.3 Å². The zero-order valence-corrected chi connectivity index (χ0v) is 44.7. The van der Waals surface area contributed by atoms with Crippen LogP contribution in [0.3, 0.4) is 0 Å². The molecule has 4 aliphatic rings. The number of ether oxygens (including phenoxy) is 3. The van der Waals surface area contributed by atoms with Crippen LogP contribution in [0, 0.1) is 11.7 Å². The Morgan fingerprint density at radius 3 is 2.27 bits per heavy atom. The van der Waals surface area contributed by atoms with Gasteiger partial charge in [-0.2, -0.15) is 0 Å². The van der Waals surface area contributed by atoms with Crippen molar-refractivity contribution in [2.24, 2.45) is 5.92 Å². The van der Waals surface area contributed by atoms with Crippen molar-refractivity contribution >= 4 is 91.5 Å². The third kappa shape index (κ3) is 12.9. The molecule has 23 heteroatoms. The highest BCUT2D eigenvalue weighted by Gasteiger charge is 2.41. The fourth-order valence-corrected chi connectivity index (χ4v) is 12.1. The van der Waals surface area contributed by atoms with Crippen LogP contribution in [0.15, 0.2) is 60.7 Å². The van der Waals surface area contributed by atoms with E-state index in [0.717, 1.165) is 11.3 Å². The lowest BCUT2D eigenvalue weighted by Crippen LogP contribution is -2.55. The second-order valence-electron chi connectivity index (χ2n) is 20.8. The lowest BCUT2D eigenvalue weighted by Gasteiger charge is -2.38. The van der Waals surface area contributed by atoms with Gasteiger partial charge in [0, 0.05) is 73.3 Å². The molecular formula is C52H59ClFN7O12S2. The summed E-state index contributed by atoms with van der Waals surface area (Å²) in [6.45, 7) is 10.3. The van der Waals surface area contributed by atoms with Crippen LogP contribution in [0.2, 0.25) is 5.02 Å². The van der Waals surface area contributed by atoms with Gasteiger partial charge in [-0.05, 0) is 96.7 Å². The Kier molecular flexibility index (Phi) is 16.0. The molecule has 0 bridgehead atoms. The van der Waals surface area contributed by atoms with Gasteiger partial charge in [-0.15, -0.1) is 11.3 Å². The highest BCUT2D eigenvalue weighted by molar-refractivity contribution is 7.88. The van der Waals surface area contributed by atoms with Crippen LogP contribution < -0.4 is 26.0 Å². The number of esters is 2. The Balaban J connectivity index is 0.816. The number of halogens is 2. The quantitative estimate of drug-likeness (QED) is 0.0687. The maximum atomic E-state index is 15.9. The first kappa shape index (κ1) is 54.6. The Morgan fingerprint density at radius 2 is 1.57 bits per heavy atom. The Labute approximate surface area is 442 Å². The molecule has 19 nitrogen and oxygen atoms in total. The number of likely N-dealkylation sites (tertiary alicyclic amines) is 1. The number of carbonyl (C=O) groups is 7. The maximum absolute atomic E-state index is 15.9. The smallest absolute Gasteiger partial charge is 0.352 e. The summed E-state index contributed by atoms with van der Waals surface area (Å²) in [5.74, 6) is -5.57. The van der Waals surface area contributed by atoms with Gasteiger partial charge < -0.3 is 40.0 Å². The van der Waals surface area contributed by atoms with Crippen molar-refractivity contribution in [2.45, 2.75) is 103 Å². The Morgan fingerprint density at radius 1 is 0.893 bits per heavy atom. The Hall–Kier alpha value is -6.62. The normalized spacial score (nSPS) is 17.7. The van der Waals surface area contributed by atoms with Crippen molar-refractivity contribution in [1.82, 2.24) is 19.4 Å². The van der Waals surface area contributed by atoms with Gasteiger partial charge in [0.2, 0.25) is 33.7 Å². The van der Waals surface area contributed by atoms with Crippen LogP contribution in [0.25, 0.3) is 10.4 Å². The number of rotatable bonds is 16. The minimum atomic E-state index is -3.99. The second kappa shape index (κ2) is 21.9. The number of nitrogens with one attached hydrogen (secondary N) is 4. The summed E-state index contributed by atoms with van der Waals surface area (Å²) in [7, 11) is -3.99.